The maximum atomic E-state index is 11.2. The quantitative estimate of drug-likeness (QED) is 0.243. The monoisotopic (exact) mass is 350 g/mol. The molecule has 22 heavy (non-hydrogen) atoms. The van der Waals surface area contributed by atoms with Gasteiger partial charge in [-0.25, -0.2) is 4.79 Å². The molecular formula is C15H30N2O3S2. The van der Waals surface area contributed by atoms with Crippen LogP contribution in [-0.4, -0.2) is 49.1 Å². The number of alkyl carbamates (subject to hydrolysis) is 1. The Balaban J connectivity index is 3.47. The predicted molar refractivity (Wildman–Crippen MR) is 97.4 cm³/mol. The summed E-state index contributed by atoms with van der Waals surface area (Å²) in [7, 11) is 3.48. The Morgan fingerprint density at radius 3 is 2.68 bits per heavy atom. The van der Waals surface area contributed by atoms with Crippen molar-refractivity contribution >= 4 is 27.7 Å². The molecular weight excluding hydrogens is 320 g/mol. The number of allylic oxidation sites excluding steroid dienone is 1. The predicted octanol–water partition coefficient (Wildman–Crippen LogP) is 3.42. The average Bonchev–Trinajstić information content (AvgIpc) is 2.44. The molecule has 0 aliphatic carbocycles. The molecule has 0 radical (unpaired) electrons. The molecule has 2 N–H and O–H groups in total. The van der Waals surface area contributed by atoms with Gasteiger partial charge in [-0.1, -0.05) is 47.6 Å². The van der Waals surface area contributed by atoms with E-state index in [-0.39, 0.29) is 11.4 Å². The van der Waals surface area contributed by atoms with Gasteiger partial charge in [0, 0.05) is 23.9 Å². The van der Waals surface area contributed by atoms with E-state index < -0.39 is 6.09 Å². The van der Waals surface area contributed by atoms with Crippen molar-refractivity contribution in [2.75, 3.05) is 32.2 Å². The van der Waals surface area contributed by atoms with Crippen molar-refractivity contribution in [3.63, 3.8) is 0 Å². The van der Waals surface area contributed by atoms with Gasteiger partial charge in [0.25, 0.3) is 0 Å². The fraction of sp³-hybridized carbons (Fsp3) is 0.800. The molecule has 0 spiro atoms. The third kappa shape index (κ3) is 14.6. The number of hydrogen-bond acceptors (Lipinski definition) is 6. The highest BCUT2D eigenvalue weighted by Crippen LogP contribution is 2.35. The van der Waals surface area contributed by atoms with Gasteiger partial charge in [0.2, 0.25) is 0 Å². The normalized spacial score (nSPS) is 12.1. The van der Waals surface area contributed by atoms with Crippen molar-refractivity contribution in [2.24, 2.45) is 0 Å². The van der Waals surface area contributed by atoms with Crippen molar-refractivity contribution in [3.8, 4) is 0 Å². The molecule has 0 aromatic heterocycles. The molecule has 0 aromatic rings. The number of carbonyl (C=O) groups is 1. The van der Waals surface area contributed by atoms with E-state index in [2.05, 4.69) is 38.3 Å². The van der Waals surface area contributed by atoms with E-state index in [1.807, 2.05) is 19.1 Å². The van der Waals surface area contributed by atoms with Gasteiger partial charge in [0.15, 0.2) is 0 Å². The molecule has 0 heterocycles. The van der Waals surface area contributed by atoms with Crippen molar-refractivity contribution in [2.45, 2.75) is 45.4 Å². The first-order valence-corrected chi connectivity index (χ1v) is 9.83. The zero-order chi connectivity index (χ0) is 16.8. The third-order valence-corrected chi connectivity index (χ3v) is 5.38. The Hall–Kier alpha value is -0.370. The summed E-state index contributed by atoms with van der Waals surface area (Å²) in [6.45, 7) is 12.7. The minimum atomic E-state index is -0.412. The highest BCUT2D eigenvalue weighted by atomic mass is 33.1. The van der Waals surface area contributed by atoms with Gasteiger partial charge in [-0.3, -0.25) is 0 Å². The van der Waals surface area contributed by atoms with Crippen molar-refractivity contribution in [1.29, 1.82) is 0 Å². The zero-order valence-corrected chi connectivity index (χ0v) is 15.9. The van der Waals surface area contributed by atoms with E-state index in [4.69, 9.17) is 9.47 Å². The molecule has 7 heteroatoms. The lowest BCUT2D eigenvalue weighted by Gasteiger charge is -2.24. The highest BCUT2D eigenvalue weighted by Gasteiger charge is 2.18. The first-order chi connectivity index (χ1) is 10.4. The first-order valence-electron chi connectivity index (χ1n) is 7.51. The van der Waals surface area contributed by atoms with Crippen LogP contribution in [0, 0.1) is 0 Å². The number of nitrogens with one attached hydrogen (secondary N) is 2. The molecule has 0 aliphatic rings. The lowest BCUT2D eigenvalue weighted by atomic mass is 10.2. The highest BCUT2D eigenvalue weighted by molar-refractivity contribution is 8.77. The van der Waals surface area contributed by atoms with Gasteiger partial charge in [0.05, 0.1) is 6.61 Å². The lowest BCUT2D eigenvalue weighted by Crippen LogP contribution is -2.35. The standard InChI is InChI=1S/C15H30N2O3S2/c1-6-7-8-16-14(18)20-10-9-19-12-21-22-15(4,5)11-17-13(2)3/h6-7,13,17H,8-12H2,1-5H3,(H,16,18)/b7-6+. The molecule has 1 amide bonds. The number of carbonyl (C=O) groups excluding carboxylic acids is 1. The molecule has 0 aliphatic heterocycles. The van der Waals surface area contributed by atoms with E-state index in [0.29, 0.717) is 25.1 Å². The number of hydrogen-bond donors (Lipinski definition) is 2. The molecule has 130 valence electrons. The molecule has 0 rings (SSSR count). The average molecular weight is 351 g/mol. The molecule has 0 bridgehead atoms. The number of rotatable bonds is 12. The molecule has 0 aromatic carbocycles. The summed E-state index contributed by atoms with van der Waals surface area (Å²) in [4.78, 5) is 11.2. The van der Waals surface area contributed by atoms with Gasteiger partial charge in [-0.2, -0.15) is 0 Å². The summed E-state index contributed by atoms with van der Waals surface area (Å²) in [5.74, 6) is 0.583. The van der Waals surface area contributed by atoms with Crippen LogP contribution in [0.3, 0.4) is 0 Å². The van der Waals surface area contributed by atoms with E-state index in [1.165, 1.54) is 0 Å². The van der Waals surface area contributed by atoms with Crippen LogP contribution in [0.25, 0.3) is 0 Å². The second-order valence-electron chi connectivity index (χ2n) is 5.61. The summed E-state index contributed by atoms with van der Waals surface area (Å²) in [5, 5.41) is 6.04. The van der Waals surface area contributed by atoms with Crippen LogP contribution >= 0.6 is 21.6 Å². The second-order valence-corrected chi connectivity index (χ2v) is 8.56. The third-order valence-electron chi connectivity index (χ3n) is 2.41. The number of ether oxygens (including phenoxy) is 2. The summed E-state index contributed by atoms with van der Waals surface area (Å²) >= 11 is 0. The Kier molecular flexibility index (Phi) is 12.9. The molecule has 0 saturated carbocycles. The molecule has 5 nitrogen and oxygen atoms in total. The Labute approximate surface area is 142 Å². The minimum absolute atomic E-state index is 0.154. The van der Waals surface area contributed by atoms with Crippen LogP contribution in [0.15, 0.2) is 12.2 Å². The molecule has 0 atom stereocenters. The summed E-state index contributed by atoms with van der Waals surface area (Å²) in [6.07, 6.45) is 3.31. The second kappa shape index (κ2) is 13.1. The maximum absolute atomic E-state index is 11.2. The van der Waals surface area contributed by atoms with Crippen molar-refractivity contribution in [3.05, 3.63) is 12.2 Å². The maximum Gasteiger partial charge on any atom is 0.407 e. The van der Waals surface area contributed by atoms with Crippen molar-refractivity contribution in [1.82, 2.24) is 10.6 Å². The number of amides is 1. The summed E-state index contributed by atoms with van der Waals surface area (Å²) in [5.41, 5.74) is 0. The van der Waals surface area contributed by atoms with Gasteiger partial charge < -0.3 is 20.1 Å². The minimum Gasteiger partial charge on any atom is -0.447 e. The van der Waals surface area contributed by atoms with Crippen LogP contribution in [-0.2, 0) is 9.47 Å². The zero-order valence-electron chi connectivity index (χ0n) is 14.3. The fourth-order valence-electron chi connectivity index (χ4n) is 1.26. The molecule has 0 unspecified atom stereocenters. The van der Waals surface area contributed by atoms with Gasteiger partial charge in [-0.15, -0.1) is 0 Å². The first kappa shape index (κ1) is 21.6. The van der Waals surface area contributed by atoms with E-state index >= 15 is 0 Å². The van der Waals surface area contributed by atoms with E-state index in [1.54, 1.807) is 21.6 Å². The fourth-order valence-corrected chi connectivity index (χ4v) is 3.44. The lowest BCUT2D eigenvalue weighted by molar-refractivity contribution is 0.0940. The van der Waals surface area contributed by atoms with Crippen LogP contribution in [0.4, 0.5) is 4.79 Å². The van der Waals surface area contributed by atoms with Gasteiger partial charge in [0.1, 0.15) is 12.5 Å². The van der Waals surface area contributed by atoms with Gasteiger partial charge >= 0.3 is 6.09 Å². The van der Waals surface area contributed by atoms with Crippen LogP contribution in [0.2, 0.25) is 0 Å². The van der Waals surface area contributed by atoms with Gasteiger partial charge in [-0.05, 0) is 20.8 Å². The molecule has 0 fully saturated rings. The Morgan fingerprint density at radius 1 is 1.32 bits per heavy atom. The van der Waals surface area contributed by atoms with Crippen LogP contribution in [0.1, 0.15) is 34.6 Å². The molecule has 0 saturated heterocycles. The largest absolute Gasteiger partial charge is 0.447 e. The van der Waals surface area contributed by atoms with E-state index in [0.717, 1.165) is 6.54 Å². The van der Waals surface area contributed by atoms with E-state index in [9.17, 15) is 4.79 Å². The summed E-state index contributed by atoms with van der Waals surface area (Å²) in [6, 6.07) is 0.497. The van der Waals surface area contributed by atoms with Crippen LogP contribution in [0.5, 0.6) is 0 Å². The van der Waals surface area contributed by atoms with Crippen LogP contribution < -0.4 is 10.6 Å². The van der Waals surface area contributed by atoms with Crippen molar-refractivity contribution < 1.29 is 14.3 Å². The Morgan fingerprint density at radius 2 is 2.05 bits per heavy atom. The Bertz CT molecular complexity index is 324. The smallest absolute Gasteiger partial charge is 0.407 e. The summed E-state index contributed by atoms with van der Waals surface area (Å²) < 4.78 is 10.6. The SMILES string of the molecule is C/C=C/CNC(=O)OCCOCSSC(C)(C)CNC(C)C. The topological polar surface area (TPSA) is 59.6 Å².